The molecule has 0 atom stereocenters. The standard InChI is InChI=1S/BH3O4.Ca.Na.H3O5P.3H/c2-1(3)5-4;;;1-5-6(2,3)4;;;/h2-4H;;;1H,(H2,2,3,4);;;. The van der Waals surface area contributed by atoms with Crippen molar-refractivity contribution in [3.05, 3.63) is 0 Å². The van der Waals surface area contributed by atoms with Crippen LogP contribution in [0.25, 0.3) is 0 Å². The molecule has 0 saturated heterocycles. The van der Waals surface area contributed by atoms with E-state index in [-0.39, 0.29) is 67.3 Å². The van der Waals surface area contributed by atoms with Crippen molar-refractivity contribution in [2.24, 2.45) is 0 Å². The van der Waals surface area contributed by atoms with Gasteiger partial charge in [0.2, 0.25) is 0 Å². The Bertz CT molecular complexity index is 123. The second-order valence-corrected chi connectivity index (χ2v) is 2.15. The first-order chi connectivity index (χ1) is 4.83. The Hall–Kier alpha value is 2.23. The maximum atomic E-state index is 9.22. The Morgan fingerprint density at radius 1 is 1.15 bits per heavy atom. The van der Waals surface area contributed by atoms with E-state index in [4.69, 9.17) is 30.3 Å². The summed E-state index contributed by atoms with van der Waals surface area (Å²) in [5, 5.41) is 29.2. The molecule has 0 saturated carbocycles. The molecular formula is H9BCaNaO9P. The maximum absolute atomic E-state index is 9.22. The van der Waals surface area contributed by atoms with Crippen LogP contribution in [0.2, 0.25) is 0 Å². The third-order valence-electron chi connectivity index (χ3n) is 0.201. The number of hydrogen-bond acceptors (Lipinski definition) is 7. The molecule has 0 fully saturated rings. The summed E-state index contributed by atoms with van der Waals surface area (Å²) in [6, 6.07) is 0. The van der Waals surface area contributed by atoms with Crippen LogP contribution < -0.4 is 0 Å². The molecule has 0 rings (SSSR count). The van der Waals surface area contributed by atoms with Gasteiger partial charge in [-0.1, -0.05) is 0 Å². The summed E-state index contributed by atoms with van der Waals surface area (Å²) >= 11 is 0. The average molecular weight is 258 g/mol. The zero-order valence-electron chi connectivity index (χ0n) is 4.93. The topological polar surface area (TPSA) is 157 Å². The van der Waals surface area contributed by atoms with Crippen molar-refractivity contribution >= 4 is 82.4 Å². The van der Waals surface area contributed by atoms with Gasteiger partial charge in [0.25, 0.3) is 0 Å². The summed E-state index contributed by atoms with van der Waals surface area (Å²) in [5.41, 5.74) is 0. The molecule has 6 N–H and O–H groups in total. The molecule has 0 amide bonds. The molecular weight excluding hydrogens is 249 g/mol. The van der Waals surface area contributed by atoms with Crippen LogP contribution in [0, 0.1) is 0 Å². The quantitative estimate of drug-likeness (QED) is 0.128. The van der Waals surface area contributed by atoms with Crippen molar-refractivity contribution in [2.75, 3.05) is 0 Å². The Labute approximate surface area is 125 Å². The molecule has 0 aromatic carbocycles. The van der Waals surface area contributed by atoms with Gasteiger partial charge in [-0.3, -0.25) is 5.26 Å². The molecule has 0 aliphatic carbocycles. The molecule has 0 unspecified atom stereocenters. The van der Waals surface area contributed by atoms with Crippen LogP contribution in [-0.2, 0) is 14.0 Å². The molecule has 0 aliphatic rings. The summed E-state index contributed by atoms with van der Waals surface area (Å²) in [5.74, 6) is 0. The SMILES string of the molecule is O=P(O)(O)OO.OOB(O)O.[CaH2].[NaH]. The van der Waals surface area contributed by atoms with Crippen LogP contribution in [0.3, 0.4) is 0 Å². The first-order valence-corrected chi connectivity index (χ1v) is 3.41. The van der Waals surface area contributed by atoms with E-state index in [2.05, 4.69) is 9.48 Å². The van der Waals surface area contributed by atoms with Crippen LogP contribution in [0.4, 0.5) is 0 Å². The van der Waals surface area contributed by atoms with Crippen molar-refractivity contribution in [1.29, 1.82) is 0 Å². The van der Waals surface area contributed by atoms with E-state index in [1.165, 1.54) is 0 Å². The minimum atomic E-state index is -4.59. The van der Waals surface area contributed by atoms with Gasteiger partial charge in [-0.25, -0.2) is 14.6 Å². The van der Waals surface area contributed by atoms with Crippen molar-refractivity contribution in [3.8, 4) is 0 Å². The third kappa shape index (κ3) is 40.7. The summed E-state index contributed by atoms with van der Waals surface area (Å²) in [7, 11) is -6.65. The predicted octanol–water partition coefficient (Wildman–Crippen LogP) is -3.55. The van der Waals surface area contributed by atoms with E-state index in [0.29, 0.717) is 0 Å². The third-order valence-corrected chi connectivity index (χ3v) is 0.413. The predicted molar refractivity (Wildman–Crippen MR) is 45.4 cm³/mol. The molecule has 13 heteroatoms. The van der Waals surface area contributed by atoms with E-state index in [1.807, 2.05) is 0 Å². The molecule has 9 nitrogen and oxygen atoms in total. The van der Waals surface area contributed by atoms with E-state index >= 15 is 0 Å². The molecule has 0 spiro atoms. The summed E-state index contributed by atoms with van der Waals surface area (Å²) in [4.78, 5) is 17.8. The molecule has 0 aromatic rings. The molecule has 0 radical (unpaired) electrons. The Balaban J connectivity index is -0.0000000546. The fourth-order valence-electron chi connectivity index (χ4n) is 0. The van der Waals surface area contributed by atoms with Crippen LogP contribution in [0.5, 0.6) is 0 Å². The van der Waals surface area contributed by atoms with Gasteiger partial charge < -0.3 is 19.8 Å². The monoisotopic (exact) mass is 258 g/mol. The first-order valence-electron chi connectivity index (χ1n) is 1.88. The molecule has 0 heterocycles. The van der Waals surface area contributed by atoms with Gasteiger partial charge in [0.1, 0.15) is 0 Å². The van der Waals surface area contributed by atoms with Crippen LogP contribution in [0.15, 0.2) is 0 Å². The molecule has 0 bridgehead atoms. The zero-order valence-corrected chi connectivity index (χ0v) is 5.83. The van der Waals surface area contributed by atoms with Gasteiger partial charge >= 0.3 is 82.4 Å². The van der Waals surface area contributed by atoms with Crippen molar-refractivity contribution in [3.63, 3.8) is 0 Å². The van der Waals surface area contributed by atoms with E-state index in [1.54, 1.807) is 0 Å². The van der Waals surface area contributed by atoms with Gasteiger partial charge in [-0.15, -0.1) is 4.67 Å². The van der Waals surface area contributed by atoms with Crippen molar-refractivity contribution in [1.82, 2.24) is 0 Å². The van der Waals surface area contributed by atoms with Crippen molar-refractivity contribution in [2.45, 2.75) is 0 Å². The zero-order chi connectivity index (χ0) is 9.49. The van der Waals surface area contributed by atoms with Crippen LogP contribution in [-0.4, -0.2) is 105 Å². The fraction of sp³-hybridized carbons (Fsp3) is 0. The average Bonchev–Trinajstić information content (AvgIpc) is 1.88. The molecule has 0 aromatic heterocycles. The number of hydrogen-bond donors (Lipinski definition) is 6. The van der Waals surface area contributed by atoms with E-state index in [9.17, 15) is 4.57 Å². The van der Waals surface area contributed by atoms with Gasteiger partial charge in [-0.05, 0) is 0 Å². The second kappa shape index (κ2) is 14.2. The Morgan fingerprint density at radius 2 is 1.31 bits per heavy atom. The summed E-state index contributed by atoms with van der Waals surface area (Å²) in [6.45, 7) is 0. The Kier molecular flexibility index (Phi) is 26.8. The van der Waals surface area contributed by atoms with Gasteiger partial charge in [-0.2, -0.15) is 0 Å². The number of rotatable bonds is 2. The van der Waals surface area contributed by atoms with Gasteiger partial charge in [0, 0.05) is 0 Å². The summed E-state index contributed by atoms with van der Waals surface area (Å²) in [6.07, 6.45) is 0. The minimum absolute atomic E-state index is 0. The molecule has 74 valence electrons. The summed E-state index contributed by atoms with van der Waals surface area (Å²) < 4.78 is 11.8. The first kappa shape index (κ1) is 24.5. The van der Waals surface area contributed by atoms with E-state index in [0.717, 1.165) is 0 Å². The van der Waals surface area contributed by atoms with Crippen LogP contribution in [0.1, 0.15) is 0 Å². The van der Waals surface area contributed by atoms with Crippen LogP contribution >= 0.6 is 7.82 Å². The molecule has 13 heavy (non-hydrogen) atoms. The molecule has 0 aliphatic heterocycles. The van der Waals surface area contributed by atoms with Crippen molar-refractivity contribution < 1.29 is 44.4 Å². The number of phosphoric acid groups is 1. The Morgan fingerprint density at radius 3 is 1.31 bits per heavy atom. The normalized spacial score (nSPS) is 8.46. The van der Waals surface area contributed by atoms with Gasteiger partial charge in [0.15, 0.2) is 0 Å². The second-order valence-electron chi connectivity index (χ2n) is 1.00. The van der Waals surface area contributed by atoms with E-state index < -0.39 is 15.1 Å². The fourth-order valence-corrected chi connectivity index (χ4v) is 0. The van der Waals surface area contributed by atoms with Gasteiger partial charge in [0.05, 0.1) is 0 Å².